The van der Waals surface area contributed by atoms with Crippen LogP contribution in [0.4, 0.5) is 5.69 Å². The van der Waals surface area contributed by atoms with E-state index < -0.39 is 0 Å². The summed E-state index contributed by atoms with van der Waals surface area (Å²) in [6.07, 6.45) is 1.52. The predicted molar refractivity (Wildman–Crippen MR) is 51.2 cm³/mol. The number of nitrogens with zero attached hydrogens (tertiary/aromatic N) is 1. The topological polar surface area (TPSA) is 29.4 Å². The van der Waals surface area contributed by atoms with Crippen LogP contribution in [0.15, 0.2) is 11.1 Å². The highest BCUT2D eigenvalue weighted by atomic mass is 35.5. The third-order valence-electron chi connectivity index (χ3n) is 1.40. The van der Waals surface area contributed by atoms with Crippen molar-refractivity contribution in [3.05, 3.63) is 15.3 Å². The first-order chi connectivity index (χ1) is 5.65. The number of rotatable bonds is 2. The summed E-state index contributed by atoms with van der Waals surface area (Å²) in [6.45, 7) is 4.07. The van der Waals surface area contributed by atoms with Gasteiger partial charge in [-0.1, -0.05) is 25.4 Å². The summed E-state index contributed by atoms with van der Waals surface area (Å²) in [5.74, 6) is 0.342. The summed E-state index contributed by atoms with van der Waals surface area (Å²) in [5, 5.41) is 0. The van der Waals surface area contributed by atoms with Crippen molar-refractivity contribution in [2.75, 3.05) is 0 Å². The Labute approximate surface area is 79.9 Å². The van der Waals surface area contributed by atoms with E-state index in [-0.39, 0.29) is 0 Å². The second kappa shape index (κ2) is 3.85. The molecule has 4 heteroatoms. The van der Waals surface area contributed by atoms with Gasteiger partial charge in [0, 0.05) is 4.88 Å². The van der Waals surface area contributed by atoms with E-state index in [4.69, 9.17) is 11.6 Å². The first-order valence-electron chi connectivity index (χ1n) is 3.52. The first-order valence-corrected chi connectivity index (χ1v) is 4.71. The maximum absolute atomic E-state index is 10.0. The number of carbonyl (C=O) groups excluding carboxylic acids is 1. The van der Waals surface area contributed by atoms with Crippen LogP contribution in [0, 0.1) is 0 Å². The first kappa shape index (κ1) is 9.46. The van der Waals surface area contributed by atoms with Crippen LogP contribution < -0.4 is 0 Å². The summed E-state index contributed by atoms with van der Waals surface area (Å²) >= 11 is 7.23. The lowest BCUT2D eigenvalue weighted by Gasteiger charge is -1.99. The van der Waals surface area contributed by atoms with Crippen LogP contribution in [0.2, 0.25) is 4.34 Å². The fraction of sp³-hybridized carbons (Fsp3) is 0.375. The number of halogens is 1. The van der Waals surface area contributed by atoms with E-state index in [1.165, 1.54) is 17.4 Å². The van der Waals surface area contributed by atoms with Gasteiger partial charge < -0.3 is 0 Å². The summed E-state index contributed by atoms with van der Waals surface area (Å²) in [5.41, 5.74) is 0.648. The molecule has 0 fully saturated rings. The third kappa shape index (κ3) is 1.95. The Kier molecular flexibility index (Phi) is 3.04. The van der Waals surface area contributed by atoms with Crippen LogP contribution in [0.25, 0.3) is 0 Å². The molecule has 64 valence electrons. The molecule has 0 aromatic carbocycles. The summed E-state index contributed by atoms with van der Waals surface area (Å²) in [7, 11) is 0. The second-order valence-electron chi connectivity index (χ2n) is 2.66. The fourth-order valence-electron chi connectivity index (χ4n) is 0.916. The monoisotopic (exact) mass is 201 g/mol. The Bertz CT molecular complexity index is 326. The maximum Gasteiger partial charge on any atom is 0.240 e. The SMILES string of the molecule is CC(C)c1sc(Cl)cc1N=C=O. The molecule has 0 atom stereocenters. The van der Waals surface area contributed by atoms with Gasteiger partial charge >= 0.3 is 0 Å². The van der Waals surface area contributed by atoms with E-state index >= 15 is 0 Å². The molecule has 2 nitrogen and oxygen atoms in total. The largest absolute Gasteiger partial charge is 0.240 e. The standard InChI is InChI=1S/C8H8ClNOS/c1-5(2)8-6(10-4-11)3-7(9)12-8/h3,5H,1-2H3. The molecule has 0 aliphatic heterocycles. The summed E-state index contributed by atoms with van der Waals surface area (Å²) < 4.78 is 0.660. The lowest BCUT2D eigenvalue weighted by atomic mass is 10.1. The predicted octanol–water partition coefficient (Wildman–Crippen LogP) is 3.49. The Morgan fingerprint density at radius 2 is 2.33 bits per heavy atom. The van der Waals surface area contributed by atoms with Gasteiger partial charge in [-0.3, -0.25) is 0 Å². The number of hydrogen-bond acceptors (Lipinski definition) is 3. The van der Waals surface area contributed by atoms with Crippen LogP contribution in [0.1, 0.15) is 24.6 Å². The zero-order valence-electron chi connectivity index (χ0n) is 6.80. The molecule has 1 aromatic heterocycles. The lowest BCUT2D eigenvalue weighted by molar-refractivity contribution is 0.565. The Balaban J connectivity index is 3.16. The smallest absolute Gasteiger partial charge is 0.211 e. The Morgan fingerprint density at radius 1 is 1.67 bits per heavy atom. The minimum Gasteiger partial charge on any atom is -0.211 e. The van der Waals surface area contributed by atoms with Gasteiger partial charge in [-0.05, 0) is 12.0 Å². The normalized spacial score (nSPS) is 10.0. The van der Waals surface area contributed by atoms with Crippen LogP contribution in [0.5, 0.6) is 0 Å². The van der Waals surface area contributed by atoms with E-state index in [1.54, 1.807) is 6.07 Å². The average Bonchev–Trinajstić information content (AvgIpc) is 2.32. The van der Waals surface area contributed by atoms with Crippen molar-refractivity contribution in [3.8, 4) is 0 Å². The van der Waals surface area contributed by atoms with Crippen molar-refractivity contribution in [1.29, 1.82) is 0 Å². The van der Waals surface area contributed by atoms with Crippen LogP contribution in [0.3, 0.4) is 0 Å². The quantitative estimate of drug-likeness (QED) is 0.532. The maximum atomic E-state index is 10.0. The molecule has 0 aliphatic rings. The fourth-order valence-corrected chi connectivity index (χ4v) is 2.09. The molecule has 1 aromatic rings. The molecule has 0 aliphatic carbocycles. The molecule has 0 unspecified atom stereocenters. The summed E-state index contributed by atoms with van der Waals surface area (Å²) in [6, 6.07) is 1.69. The van der Waals surface area contributed by atoms with Gasteiger partial charge in [0.2, 0.25) is 6.08 Å². The zero-order valence-corrected chi connectivity index (χ0v) is 8.37. The second-order valence-corrected chi connectivity index (χ2v) is 4.37. The molecule has 0 N–H and O–H groups in total. The number of hydrogen-bond donors (Lipinski definition) is 0. The molecule has 0 bridgehead atoms. The molecule has 1 rings (SSSR count). The van der Waals surface area contributed by atoms with Crippen molar-refractivity contribution in [2.24, 2.45) is 4.99 Å². The van der Waals surface area contributed by atoms with Crippen molar-refractivity contribution >= 4 is 34.7 Å². The van der Waals surface area contributed by atoms with Crippen molar-refractivity contribution in [2.45, 2.75) is 19.8 Å². The van der Waals surface area contributed by atoms with E-state index in [0.717, 1.165) is 4.88 Å². The Morgan fingerprint density at radius 3 is 2.83 bits per heavy atom. The van der Waals surface area contributed by atoms with Gasteiger partial charge in [-0.15, -0.1) is 11.3 Å². The average molecular weight is 202 g/mol. The molecule has 0 saturated carbocycles. The van der Waals surface area contributed by atoms with Gasteiger partial charge in [-0.2, -0.15) is 4.99 Å². The minimum atomic E-state index is 0.342. The highest BCUT2D eigenvalue weighted by Gasteiger charge is 2.10. The van der Waals surface area contributed by atoms with E-state index in [0.29, 0.717) is 15.9 Å². The number of aliphatic imine (C=N–C) groups is 1. The van der Waals surface area contributed by atoms with Gasteiger partial charge in [0.05, 0.1) is 10.0 Å². The highest BCUT2D eigenvalue weighted by Crippen LogP contribution is 2.37. The van der Waals surface area contributed by atoms with Gasteiger partial charge in [0.1, 0.15) is 0 Å². The molecule has 12 heavy (non-hydrogen) atoms. The molecule has 1 heterocycles. The Hall–Kier alpha value is -0.630. The number of thiophene rings is 1. The molecular weight excluding hydrogens is 194 g/mol. The van der Waals surface area contributed by atoms with Crippen molar-refractivity contribution in [1.82, 2.24) is 0 Å². The third-order valence-corrected chi connectivity index (χ3v) is 2.95. The number of isocyanates is 1. The summed E-state index contributed by atoms with van der Waals surface area (Å²) in [4.78, 5) is 14.6. The molecular formula is C8H8ClNOS. The minimum absolute atomic E-state index is 0.342. The van der Waals surface area contributed by atoms with Crippen LogP contribution >= 0.6 is 22.9 Å². The van der Waals surface area contributed by atoms with Crippen LogP contribution in [-0.4, -0.2) is 6.08 Å². The van der Waals surface area contributed by atoms with E-state index in [1.807, 2.05) is 13.8 Å². The van der Waals surface area contributed by atoms with Gasteiger partial charge in [-0.25, -0.2) is 4.79 Å². The van der Waals surface area contributed by atoms with E-state index in [9.17, 15) is 4.79 Å². The lowest BCUT2D eigenvalue weighted by Crippen LogP contribution is -1.79. The van der Waals surface area contributed by atoms with E-state index in [2.05, 4.69) is 4.99 Å². The molecule has 0 radical (unpaired) electrons. The molecule has 0 amide bonds. The highest BCUT2D eigenvalue weighted by molar-refractivity contribution is 7.16. The molecule has 0 saturated heterocycles. The van der Waals surface area contributed by atoms with Gasteiger partial charge in [0.25, 0.3) is 0 Å². The zero-order chi connectivity index (χ0) is 9.14. The molecule has 0 spiro atoms. The van der Waals surface area contributed by atoms with Crippen LogP contribution in [-0.2, 0) is 4.79 Å². The van der Waals surface area contributed by atoms with Crippen molar-refractivity contribution in [3.63, 3.8) is 0 Å². The van der Waals surface area contributed by atoms with Gasteiger partial charge in [0.15, 0.2) is 0 Å². The van der Waals surface area contributed by atoms with Crippen molar-refractivity contribution < 1.29 is 4.79 Å².